The molecule has 2 aliphatic carbocycles. The fourth-order valence-corrected chi connectivity index (χ4v) is 2.81. The maximum Gasteiger partial charge on any atom is 2.00 e. The fourth-order valence-electron chi connectivity index (χ4n) is 2.81. The monoisotopic (exact) mass is 490 g/mol. The second kappa shape index (κ2) is 14.4. The summed E-state index contributed by atoms with van der Waals surface area (Å²) in [5.74, 6) is -1.87. The van der Waals surface area contributed by atoms with Crippen LogP contribution in [0, 0.1) is 23.0 Å². The van der Waals surface area contributed by atoms with Gasteiger partial charge in [0.05, 0.1) is 0 Å². The van der Waals surface area contributed by atoms with Crippen LogP contribution in [-0.2, 0) is 31.3 Å². The van der Waals surface area contributed by atoms with E-state index in [0.717, 1.165) is 0 Å². The molecule has 33 heavy (non-hydrogen) atoms. The number of rotatable bonds is 2. The van der Waals surface area contributed by atoms with Crippen molar-refractivity contribution in [3.63, 3.8) is 0 Å². The van der Waals surface area contributed by atoms with E-state index in [1.54, 1.807) is 0 Å². The van der Waals surface area contributed by atoms with Gasteiger partial charge in [-0.05, 0) is 13.8 Å². The van der Waals surface area contributed by atoms with Crippen LogP contribution < -0.4 is 0 Å². The first kappa shape index (κ1) is 35.7. The minimum atomic E-state index is -0.935. The van der Waals surface area contributed by atoms with Gasteiger partial charge in [-0.3, -0.25) is 12.2 Å². The summed E-state index contributed by atoms with van der Waals surface area (Å²) in [7, 11) is 0. The molecule has 4 nitrogen and oxygen atoms in total. The number of allylic oxidation sites excluding steroid dienone is 8. The Morgan fingerprint density at radius 3 is 0.879 bits per heavy atom. The predicted molar refractivity (Wildman–Crippen MR) is 134 cm³/mol. The van der Waals surface area contributed by atoms with Crippen LogP contribution in [0.2, 0.25) is 0 Å². The molecule has 0 aromatic rings. The van der Waals surface area contributed by atoms with E-state index < -0.39 is 11.9 Å². The zero-order chi connectivity index (χ0) is 26.2. The summed E-state index contributed by atoms with van der Waals surface area (Å²) in [5, 5.41) is 15.8. The van der Waals surface area contributed by atoms with Crippen LogP contribution in [0.3, 0.4) is 0 Å². The summed E-state index contributed by atoms with van der Waals surface area (Å²) in [6, 6.07) is 0. The van der Waals surface area contributed by atoms with Crippen LogP contribution in [0.1, 0.15) is 83.1 Å². The Morgan fingerprint density at radius 2 is 0.848 bits per heavy atom. The van der Waals surface area contributed by atoms with Crippen LogP contribution in [0.5, 0.6) is 0 Å². The minimum Gasteiger partial charge on any atom is -0.478 e. The summed E-state index contributed by atoms with van der Waals surface area (Å²) in [5.41, 5.74) is 9.14. The molecule has 0 unspecified atom stereocenters. The standard InChI is InChI=1S/2C10H15.2C4H6O2.Ti/c2*1-7-6-10(4,5)9(3)8(7)2;2*1-3(2)4(5)6;/h2*1-5H3;2*1H2,2H3,(H,5,6);/q2*-1;;;+2. The number of aliphatic carboxylic acids is 2. The zero-order valence-corrected chi connectivity index (χ0v) is 24.2. The van der Waals surface area contributed by atoms with E-state index in [2.05, 4.69) is 94.5 Å². The molecule has 0 bridgehead atoms. The molecule has 2 rings (SSSR count). The van der Waals surface area contributed by atoms with Gasteiger partial charge in [0, 0.05) is 11.1 Å². The van der Waals surface area contributed by atoms with E-state index in [4.69, 9.17) is 10.2 Å². The van der Waals surface area contributed by atoms with Gasteiger partial charge in [-0.2, -0.15) is 22.3 Å². The molecule has 0 amide bonds. The largest absolute Gasteiger partial charge is 2.00 e. The van der Waals surface area contributed by atoms with Gasteiger partial charge in [0.1, 0.15) is 0 Å². The van der Waals surface area contributed by atoms with Crippen LogP contribution in [-0.4, -0.2) is 22.2 Å². The fraction of sp³-hybridized carbons (Fsp3) is 0.500. The molecule has 0 spiro atoms. The molecular formula is C28H42O4Ti. The molecular weight excluding hydrogens is 448 g/mol. The molecule has 5 heteroatoms. The number of hydrogen-bond acceptors (Lipinski definition) is 2. The number of carboxylic acid groups (broad SMARTS) is 2. The summed E-state index contributed by atoms with van der Waals surface area (Å²) in [4.78, 5) is 19.2. The van der Waals surface area contributed by atoms with E-state index in [1.807, 2.05) is 0 Å². The van der Waals surface area contributed by atoms with Crippen molar-refractivity contribution in [2.45, 2.75) is 83.1 Å². The smallest absolute Gasteiger partial charge is 0.478 e. The van der Waals surface area contributed by atoms with Crippen LogP contribution in [0.15, 0.2) is 57.7 Å². The molecule has 0 aliphatic heterocycles. The predicted octanol–water partition coefficient (Wildman–Crippen LogP) is 7.52. The van der Waals surface area contributed by atoms with Crippen LogP contribution in [0.25, 0.3) is 0 Å². The Hall–Kier alpha value is -1.91. The second-order valence-electron chi connectivity index (χ2n) is 9.42. The quantitative estimate of drug-likeness (QED) is 0.239. The summed E-state index contributed by atoms with van der Waals surface area (Å²) in [6.45, 7) is 31.0. The van der Waals surface area contributed by atoms with Gasteiger partial charge < -0.3 is 10.2 Å². The van der Waals surface area contributed by atoms with E-state index in [0.29, 0.717) is 0 Å². The van der Waals surface area contributed by atoms with Crippen molar-refractivity contribution < 1.29 is 41.5 Å². The molecule has 0 aromatic carbocycles. The van der Waals surface area contributed by atoms with Crippen molar-refractivity contribution in [1.29, 1.82) is 0 Å². The third-order valence-electron chi connectivity index (χ3n) is 5.86. The topological polar surface area (TPSA) is 74.6 Å². The maximum absolute atomic E-state index is 9.60. The van der Waals surface area contributed by atoms with Gasteiger partial charge in [-0.25, -0.2) is 20.7 Å². The summed E-state index contributed by atoms with van der Waals surface area (Å²) in [6.07, 6.45) is 6.87. The molecule has 0 radical (unpaired) electrons. The Morgan fingerprint density at radius 1 is 0.667 bits per heavy atom. The SMILES string of the molecule is C=C(C)C(=O)O.C=C(C)C(=O)O.CC1=[C-]C(C)(C)C(C)=C1C.CC1=[C-]C(C)(C)C(C)=C1C.[Ti+2]. The first-order valence-corrected chi connectivity index (χ1v) is 10.6. The summed E-state index contributed by atoms with van der Waals surface area (Å²) < 4.78 is 0. The van der Waals surface area contributed by atoms with Gasteiger partial charge in [-0.15, -0.1) is 13.8 Å². The van der Waals surface area contributed by atoms with E-state index in [-0.39, 0.29) is 43.7 Å². The Labute approximate surface area is 216 Å². The van der Waals surface area contributed by atoms with Crippen molar-refractivity contribution in [3.05, 3.63) is 69.9 Å². The van der Waals surface area contributed by atoms with Crippen molar-refractivity contribution in [2.24, 2.45) is 10.8 Å². The van der Waals surface area contributed by atoms with Crippen molar-refractivity contribution in [2.75, 3.05) is 0 Å². The molecule has 182 valence electrons. The average molecular weight is 491 g/mol. The third-order valence-corrected chi connectivity index (χ3v) is 5.86. The van der Waals surface area contributed by atoms with Gasteiger partial charge in [0.25, 0.3) is 0 Å². The van der Waals surface area contributed by atoms with Crippen LogP contribution in [0.4, 0.5) is 0 Å². The Kier molecular flexibility index (Phi) is 15.5. The Bertz CT molecular complexity index is 793. The average Bonchev–Trinajstić information content (AvgIpc) is 2.93. The molecule has 0 atom stereocenters. The van der Waals surface area contributed by atoms with Crippen molar-refractivity contribution in [3.8, 4) is 0 Å². The van der Waals surface area contributed by atoms with Gasteiger partial charge in [0.15, 0.2) is 0 Å². The molecule has 0 fully saturated rings. The minimum absolute atomic E-state index is 0. The molecule has 0 aromatic heterocycles. The van der Waals surface area contributed by atoms with Gasteiger partial charge in [0.2, 0.25) is 0 Å². The number of carboxylic acids is 2. The molecule has 0 saturated heterocycles. The van der Waals surface area contributed by atoms with Gasteiger partial charge in [-0.1, -0.05) is 79.4 Å². The van der Waals surface area contributed by atoms with Gasteiger partial charge >= 0.3 is 33.7 Å². The van der Waals surface area contributed by atoms with E-state index in [1.165, 1.54) is 47.3 Å². The number of carbonyl (C=O) groups is 2. The normalized spacial score (nSPS) is 17.0. The molecule has 0 saturated carbocycles. The first-order chi connectivity index (χ1) is 14.2. The van der Waals surface area contributed by atoms with E-state index in [9.17, 15) is 9.59 Å². The molecule has 2 aliphatic rings. The zero-order valence-electron chi connectivity index (χ0n) is 22.6. The second-order valence-corrected chi connectivity index (χ2v) is 9.42. The Balaban J connectivity index is -0.000000372. The summed E-state index contributed by atoms with van der Waals surface area (Å²) >= 11 is 0. The molecule has 2 N–H and O–H groups in total. The maximum atomic E-state index is 9.60. The third kappa shape index (κ3) is 12.2. The van der Waals surface area contributed by atoms with E-state index >= 15 is 0 Å². The van der Waals surface area contributed by atoms with Crippen LogP contribution >= 0.6 is 0 Å². The van der Waals surface area contributed by atoms with Crippen molar-refractivity contribution >= 4 is 11.9 Å². The first-order valence-electron chi connectivity index (χ1n) is 10.6. The van der Waals surface area contributed by atoms with Crippen molar-refractivity contribution in [1.82, 2.24) is 0 Å². The number of hydrogen-bond donors (Lipinski definition) is 2. The molecule has 0 heterocycles.